The highest BCUT2D eigenvalue weighted by Gasteiger charge is 2.12. The van der Waals surface area contributed by atoms with E-state index in [9.17, 15) is 4.79 Å². The molecule has 0 aliphatic heterocycles. The van der Waals surface area contributed by atoms with Gasteiger partial charge in [0.2, 0.25) is 5.91 Å². The minimum absolute atomic E-state index is 0.0453. The zero-order chi connectivity index (χ0) is 15.1. The second-order valence-electron chi connectivity index (χ2n) is 5.55. The van der Waals surface area contributed by atoms with Gasteiger partial charge in [-0.05, 0) is 37.0 Å². The van der Waals surface area contributed by atoms with Gasteiger partial charge < -0.3 is 15.4 Å². The summed E-state index contributed by atoms with van der Waals surface area (Å²) in [5.74, 6) is 1.40. The number of aryl methyl sites for hydroxylation is 1. The predicted octanol–water partition coefficient (Wildman–Crippen LogP) is 2.25. The van der Waals surface area contributed by atoms with E-state index in [1.165, 1.54) is 0 Å². The summed E-state index contributed by atoms with van der Waals surface area (Å²) in [6.07, 6.45) is 0. The van der Waals surface area contributed by atoms with Crippen LogP contribution in [0.1, 0.15) is 31.9 Å². The van der Waals surface area contributed by atoms with E-state index >= 15 is 0 Å². The Hall–Kier alpha value is -1.55. The number of ether oxygens (including phenoxy) is 1. The molecule has 0 saturated carbocycles. The summed E-state index contributed by atoms with van der Waals surface area (Å²) >= 11 is 0. The van der Waals surface area contributed by atoms with Crippen molar-refractivity contribution in [2.45, 2.75) is 40.3 Å². The van der Waals surface area contributed by atoms with Gasteiger partial charge in [0.05, 0.1) is 13.2 Å². The Morgan fingerprint density at radius 2 is 2.00 bits per heavy atom. The first-order valence-corrected chi connectivity index (χ1v) is 7.08. The Bertz CT molecular complexity index is 444. The fourth-order valence-electron chi connectivity index (χ4n) is 1.87. The van der Waals surface area contributed by atoms with E-state index in [-0.39, 0.29) is 11.9 Å². The van der Waals surface area contributed by atoms with Crippen LogP contribution in [-0.2, 0) is 11.3 Å². The van der Waals surface area contributed by atoms with Crippen molar-refractivity contribution < 1.29 is 9.53 Å². The topological polar surface area (TPSA) is 50.4 Å². The molecule has 0 saturated heterocycles. The van der Waals surface area contributed by atoms with Crippen LogP contribution in [0.5, 0.6) is 5.75 Å². The molecule has 20 heavy (non-hydrogen) atoms. The van der Waals surface area contributed by atoms with E-state index in [4.69, 9.17) is 4.74 Å². The van der Waals surface area contributed by atoms with Gasteiger partial charge >= 0.3 is 0 Å². The number of nitrogens with one attached hydrogen (secondary N) is 2. The van der Waals surface area contributed by atoms with E-state index in [2.05, 4.69) is 30.5 Å². The largest absolute Gasteiger partial charge is 0.496 e. The van der Waals surface area contributed by atoms with Crippen LogP contribution >= 0.6 is 0 Å². The third-order valence-electron chi connectivity index (χ3n) is 3.15. The minimum Gasteiger partial charge on any atom is -0.496 e. The Balaban J connectivity index is 2.46. The van der Waals surface area contributed by atoms with E-state index in [1.54, 1.807) is 7.11 Å². The van der Waals surface area contributed by atoms with Crippen molar-refractivity contribution in [2.75, 3.05) is 13.7 Å². The zero-order valence-electron chi connectivity index (χ0n) is 13.1. The number of carbonyl (C=O) groups is 1. The number of rotatable bonds is 7. The second kappa shape index (κ2) is 7.90. The Morgan fingerprint density at radius 1 is 1.30 bits per heavy atom. The Kier molecular flexibility index (Phi) is 6.52. The standard InChI is InChI=1S/C16H26N2O2/c1-11(2)9-18-16(19)13(4)17-10-14-6-7-15(20-5)12(3)8-14/h6-8,11,13,17H,9-10H2,1-5H3,(H,18,19). The molecule has 1 rings (SSSR count). The van der Waals surface area contributed by atoms with Crippen LogP contribution in [0.15, 0.2) is 18.2 Å². The fourth-order valence-corrected chi connectivity index (χ4v) is 1.87. The summed E-state index contributed by atoms with van der Waals surface area (Å²) < 4.78 is 5.23. The monoisotopic (exact) mass is 278 g/mol. The van der Waals surface area contributed by atoms with Crippen LogP contribution in [-0.4, -0.2) is 25.6 Å². The molecule has 0 bridgehead atoms. The molecule has 2 N–H and O–H groups in total. The first-order chi connectivity index (χ1) is 9.43. The average molecular weight is 278 g/mol. The highest BCUT2D eigenvalue weighted by Crippen LogP contribution is 2.18. The van der Waals surface area contributed by atoms with Crippen molar-refractivity contribution in [1.29, 1.82) is 0 Å². The van der Waals surface area contributed by atoms with Gasteiger partial charge in [0, 0.05) is 13.1 Å². The summed E-state index contributed by atoms with van der Waals surface area (Å²) in [7, 11) is 1.67. The Morgan fingerprint density at radius 3 is 2.55 bits per heavy atom. The average Bonchev–Trinajstić information content (AvgIpc) is 2.42. The molecule has 0 fully saturated rings. The lowest BCUT2D eigenvalue weighted by Crippen LogP contribution is -2.42. The lowest BCUT2D eigenvalue weighted by atomic mass is 10.1. The van der Waals surface area contributed by atoms with Crippen molar-refractivity contribution in [1.82, 2.24) is 10.6 Å². The van der Waals surface area contributed by atoms with Crippen LogP contribution < -0.4 is 15.4 Å². The number of benzene rings is 1. The van der Waals surface area contributed by atoms with Gasteiger partial charge in [-0.1, -0.05) is 26.0 Å². The molecule has 1 atom stereocenters. The van der Waals surface area contributed by atoms with Crippen LogP contribution in [0.2, 0.25) is 0 Å². The first kappa shape index (κ1) is 16.5. The number of carbonyl (C=O) groups excluding carboxylic acids is 1. The van der Waals surface area contributed by atoms with Gasteiger partial charge in [0.1, 0.15) is 5.75 Å². The molecule has 1 aromatic rings. The number of amides is 1. The molecule has 0 aliphatic rings. The van der Waals surface area contributed by atoms with E-state index in [0.717, 1.165) is 16.9 Å². The molecule has 0 heterocycles. The molecule has 0 radical (unpaired) electrons. The molecule has 4 heteroatoms. The molecule has 1 aromatic carbocycles. The summed E-state index contributed by atoms with van der Waals surface area (Å²) in [4.78, 5) is 11.8. The molecule has 112 valence electrons. The van der Waals surface area contributed by atoms with Crippen molar-refractivity contribution in [3.05, 3.63) is 29.3 Å². The normalized spacial score (nSPS) is 12.3. The van der Waals surface area contributed by atoms with E-state index in [0.29, 0.717) is 19.0 Å². The van der Waals surface area contributed by atoms with Crippen molar-refractivity contribution >= 4 is 5.91 Å². The predicted molar refractivity (Wildman–Crippen MR) is 81.9 cm³/mol. The molecular formula is C16H26N2O2. The lowest BCUT2D eigenvalue weighted by molar-refractivity contribution is -0.122. The third kappa shape index (κ3) is 5.21. The fraction of sp³-hybridized carbons (Fsp3) is 0.562. The Labute approximate surface area is 121 Å². The molecule has 0 aliphatic carbocycles. The van der Waals surface area contributed by atoms with Crippen molar-refractivity contribution in [3.63, 3.8) is 0 Å². The number of hydrogen-bond acceptors (Lipinski definition) is 3. The van der Waals surface area contributed by atoms with E-state index in [1.807, 2.05) is 26.0 Å². The van der Waals surface area contributed by atoms with Gasteiger partial charge in [-0.15, -0.1) is 0 Å². The summed E-state index contributed by atoms with van der Waals surface area (Å²) in [6.45, 7) is 9.44. The summed E-state index contributed by atoms with van der Waals surface area (Å²) in [5.41, 5.74) is 2.25. The van der Waals surface area contributed by atoms with Crippen LogP contribution in [0.25, 0.3) is 0 Å². The molecular weight excluding hydrogens is 252 g/mol. The molecule has 0 spiro atoms. The molecule has 1 unspecified atom stereocenters. The molecule has 1 amide bonds. The maximum absolute atomic E-state index is 11.8. The second-order valence-corrected chi connectivity index (χ2v) is 5.55. The molecule has 0 aromatic heterocycles. The van der Waals surface area contributed by atoms with Crippen molar-refractivity contribution in [3.8, 4) is 5.75 Å². The van der Waals surface area contributed by atoms with E-state index < -0.39 is 0 Å². The number of methoxy groups -OCH3 is 1. The van der Waals surface area contributed by atoms with Gasteiger partial charge in [-0.25, -0.2) is 0 Å². The quantitative estimate of drug-likeness (QED) is 0.804. The first-order valence-electron chi connectivity index (χ1n) is 7.08. The highest BCUT2D eigenvalue weighted by atomic mass is 16.5. The summed E-state index contributed by atoms with van der Waals surface area (Å²) in [5, 5.41) is 6.16. The highest BCUT2D eigenvalue weighted by molar-refractivity contribution is 5.81. The van der Waals surface area contributed by atoms with Crippen molar-refractivity contribution in [2.24, 2.45) is 5.92 Å². The minimum atomic E-state index is -0.198. The lowest BCUT2D eigenvalue weighted by Gasteiger charge is -2.15. The smallest absolute Gasteiger partial charge is 0.236 e. The maximum Gasteiger partial charge on any atom is 0.236 e. The zero-order valence-corrected chi connectivity index (χ0v) is 13.1. The van der Waals surface area contributed by atoms with Crippen LogP contribution in [0.3, 0.4) is 0 Å². The van der Waals surface area contributed by atoms with Gasteiger partial charge in [0.15, 0.2) is 0 Å². The van der Waals surface area contributed by atoms with Crippen LogP contribution in [0.4, 0.5) is 0 Å². The maximum atomic E-state index is 11.8. The van der Waals surface area contributed by atoms with Gasteiger partial charge in [-0.2, -0.15) is 0 Å². The SMILES string of the molecule is COc1ccc(CNC(C)C(=O)NCC(C)C)cc1C. The van der Waals surface area contributed by atoms with Gasteiger partial charge in [0.25, 0.3) is 0 Å². The van der Waals surface area contributed by atoms with Crippen LogP contribution in [0, 0.1) is 12.8 Å². The third-order valence-corrected chi connectivity index (χ3v) is 3.15. The number of hydrogen-bond donors (Lipinski definition) is 2. The van der Waals surface area contributed by atoms with Gasteiger partial charge in [-0.3, -0.25) is 4.79 Å². The summed E-state index contributed by atoms with van der Waals surface area (Å²) in [6, 6.07) is 5.84. The molecule has 4 nitrogen and oxygen atoms in total.